The number of anilines is 1. The van der Waals surface area contributed by atoms with Gasteiger partial charge in [-0.15, -0.1) is 0 Å². The summed E-state index contributed by atoms with van der Waals surface area (Å²) in [5.41, 5.74) is 6.11. The van der Waals surface area contributed by atoms with E-state index in [1.807, 2.05) is 24.3 Å². The SMILES string of the molecule is CC(Nc1snc2ccccc12)C(N)=O. The van der Waals surface area contributed by atoms with Gasteiger partial charge in [-0.2, -0.15) is 4.37 Å². The van der Waals surface area contributed by atoms with E-state index < -0.39 is 0 Å². The third kappa shape index (κ3) is 1.92. The molecule has 1 amide bonds. The maximum Gasteiger partial charge on any atom is 0.239 e. The first kappa shape index (κ1) is 9.92. The predicted molar refractivity (Wildman–Crippen MR) is 61.9 cm³/mol. The van der Waals surface area contributed by atoms with Gasteiger partial charge in [-0.05, 0) is 30.6 Å². The lowest BCUT2D eigenvalue weighted by Gasteiger charge is -2.08. The zero-order valence-electron chi connectivity index (χ0n) is 8.23. The van der Waals surface area contributed by atoms with Gasteiger partial charge in [-0.1, -0.05) is 12.1 Å². The van der Waals surface area contributed by atoms with E-state index in [1.165, 1.54) is 11.5 Å². The molecule has 1 aromatic carbocycles. The van der Waals surface area contributed by atoms with E-state index in [0.29, 0.717) is 0 Å². The second-order valence-electron chi connectivity index (χ2n) is 3.30. The van der Waals surface area contributed by atoms with Crippen LogP contribution in [0, 0.1) is 0 Å². The van der Waals surface area contributed by atoms with Crippen molar-refractivity contribution >= 4 is 33.3 Å². The van der Waals surface area contributed by atoms with Crippen LogP contribution in [-0.2, 0) is 4.79 Å². The van der Waals surface area contributed by atoms with Crippen molar-refractivity contribution in [3.63, 3.8) is 0 Å². The first-order chi connectivity index (χ1) is 7.18. The largest absolute Gasteiger partial charge is 0.368 e. The number of aromatic nitrogens is 1. The van der Waals surface area contributed by atoms with Gasteiger partial charge in [0.25, 0.3) is 0 Å². The summed E-state index contributed by atoms with van der Waals surface area (Å²) in [5.74, 6) is -0.368. The fourth-order valence-corrected chi connectivity index (χ4v) is 2.11. The van der Waals surface area contributed by atoms with Gasteiger partial charge in [0.05, 0.1) is 5.52 Å². The van der Waals surface area contributed by atoms with Crippen LogP contribution in [0.25, 0.3) is 10.9 Å². The Hall–Kier alpha value is -1.62. The van der Waals surface area contributed by atoms with Crippen molar-refractivity contribution in [2.75, 3.05) is 5.32 Å². The molecule has 1 atom stereocenters. The normalized spacial score (nSPS) is 12.6. The highest BCUT2D eigenvalue weighted by atomic mass is 32.1. The molecular formula is C10H11N3OS. The Morgan fingerprint density at radius 3 is 3.00 bits per heavy atom. The van der Waals surface area contributed by atoms with Crippen molar-refractivity contribution in [2.45, 2.75) is 13.0 Å². The molecule has 5 heteroatoms. The number of fused-ring (bicyclic) bond motifs is 1. The lowest BCUT2D eigenvalue weighted by molar-refractivity contribution is -0.118. The fraction of sp³-hybridized carbons (Fsp3) is 0.200. The molecule has 1 heterocycles. The van der Waals surface area contributed by atoms with E-state index in [1.54, 1.807) is 6.92 Å². The topological polar surface area (TPSA) is 68.0 Å². The highest BCUT2D eigenvalue weighted by molar-refractivity contribution is 7.11. The molecule has 0 fully saturated rings. The summed E-state index contributed by atoms with van der Waals surface area (Å²) >= 11 is 1.34. The molecule has 0 aliphatic rings. The maximum absolute atomic E-state index is 10.9. The number of hydrogen-bond donors (Lipinski definition) is 2. The third-order valence-electron chi connectivity index (χ3n) is 2.16. The minimum atomic E-state index is -0.381. The van der Waals surface area contributed by atoms with E-state index in [4.69, 9.17) is 5.73 Å². The molecule has 0 saturated carbocycles. The Labute approximate surface area is 91.3 Å². The van der Waals surface area contributed by atoms with Crippen LogP contribution in [0.3, 0.4) is 0 Å². The van der Waals surface area contributed by atoms with E-state index >= 15 is 0 Å². The molecule has 3 N–H and O–H groups in total. The fourth-order valence-electron chi connectivity index (χ4n) is 1.26. The number of nitrogens with zero attached hydrogens (tertiary/aromatic N) is 1. The van der Waals surface area contributed by atoms with Crippen molar-refractivity contribution < 1.29 is 4.79 Å². The number of nitrogens with one attached hydrogen (secondary N) is 1. The molecule has 2 rings (SSSR count). The Morgan fingerprint density at radius 1 is 1.53 bits per heavy atom. The van der Waals surface area contributed by atoms with Gasteiger partial charge in [0, 0.05) is 5.39 Å². The number of carbonyl (C=O) groups excluding carboxylic acids is 1. The van der Waals surface area contributed by atoms with E-state index in [9.17, 15) is 4.79 Å². The summed E-state index contributed by atoms with van der Waals surface area (Å²) in [6, 6.07) is 7.40. The molecule has 4 nitrogen and oxygen atoms in total. The number of primary amides is 1. The van der Waals surface area contributed by atoms with Crippen LogP contribution >= 0.6 is 11.5 Å². The van der Waals surface area contributed by atoms with Crippen molar-refractivity contribution in [2.24, 2.45) is 5.73 Å². The van der Waals surface area contributed by atoms with Gasteiger partial charge < -0.3 is 11.1 Å². The van der Waals surface area contributed by atoms with Crippen molar-refractivity contribution in [3.8, 4) is 0 Å². The van der Waals surface area contributed by atoms with Gasteiger partial charge >= 0.3 is 0 Å². The van der Waals surface area contributed by atoms with Crippen molar-refractivity contribution in [3.05, 3.63) is 24.3 Å². The standard InChI is InChI=1S/C10H11N3OS/c1-6(9(11)14)12-10-7-4-2-3-5-8(7)13-15-10/h2-6,12H,1H3,(H2,11,14). The van der Waals surface area contributed by atoms with E-state index in [-0.39, 0.29) is 11.9 Å². The highest BCUT2D eigenvalue weighted by Gasteiger charge is 2.11. The summed E-state index contributed by atoms with van der Waals surface area (Å²) in [7, 11) is 0. The van der Waals surface area contributed by atoms with Crippen LogP contribution in [0.5, 0.6) is 0 Å². The highest BCUT2D eigenvalue weighted by Crippen LogP contribution is 2.27. The van der Waals surface area contributed by atoms with Gasteiger partial charge in [-0.3, -0.25) is 4.79 Å². The van der Waals surface area contributed by atoms with Crippen LogP contribution in [0.4, 0.5) is 5.00 Å². The lowest BCUT2D eigenvalue weighted by Crippen LogP contribution is -2.32. The lowest BCUT2D eigenvalue weighted by atomic mass is 10.2. The van der Waals surface area contributed by atoms with Gasteiger partial charge in [0.1, 0.15) is 11.0 Å². The van der Waals surface area contributed by atoms with Gasteiger partial charge in [-0.25, -0.2) is 0 Å². The average Bonchev–Trinajstić information content (AvgIpc) is 2.62. The predicted octanol–water partition coefficient (Wildman–Crippen LogP) is 1.58. The molecular weight excluding hydrogens is 210 g/mol. The molecule has 0 bridgehead atoms. The van der Waals surface area contributed by atoms with Crippen LogP contribution in [0.15, 0.2) is 24.3 Å². The molecule has 1 unspecified atom stereocenters. The van der Waals surface area contributed by atoms with E-state index in [2.05, 4.69) is 9.69 Å². The summed E-state index contributed by atoms with van der Waals surface area (Å²) in [4.78, 5) is 10.9. The maximum atomic E-state index is 10.9. The van der Waals surface area contributed by atoms with Crippen LogP contribution in [-0.4, -0.2) is 16.3 Å². The average molecular weight is 221 g/mol. The molecule has 0 spiro atoms. The number of benzene rings is 1. The molecule has 2 aromatic rings. The van der Waals surface area contributed by atoms with Crippen LogP contribution in [0.1, 0.15) is 6.92 Å². The quantitative estimate of drug-likeness (QED) is 0.826. The number of hydrogen-bond acceptors (Lipinski definition) is 4. The second-order valence-corrected chi connectivity index (χ2v) is 4.07. The monoisotopic (exact) mass is 221 g/mol. The van der Waals surface area contributed by atoms with Crippen LogP contribution in [0.2, 0.25) is 0 Å². The van der Waals surface area contributed by atoms with E-state index in [0.717, 1.165) is 15.9 Å². The summed E-state index contributed by atoms with van der Waals surface area (Å²) in [6.45, 7) is 1.73. The number of nitrogens with two attached hydrogens (primary N) is 1. The molecule has 15 heavy (non-hydrogen) atoms. The smallest absolute Gasteiger partial charge is 0.239 e. The van der Waals surface area contributed by atoms with Crippen molar-refractivity contribution in [1.82, 2.24) is 4.37 Å². The number of amides is 1. The van der Waals surface area contributed by atoms with Crippen LogP contribution < -0.4 is 11.1 Å². The molecule has 78 valence electrons. The molecule has 1 aromatic heterocycles. The van der Waals surface area contributed by atoms with Gasteiger partial charge in [0.15, 0.2) is 0 Å². The molecule has 0 radical (unpaired) electrons. The summed E-state index contributed by atoms with van der Waals surface area (Å²) in [5, 5.41) is 4.96. The van der Waals surface area contributed by atoms with Gasteiger partial charge in [0.2, 0.25) is 5.91 Å². The molecule has 0 aliphatic carbocycles. The number of rotatable bonds is 3. The minimum absolute atomic E-state index is 0.368. The minimum Gasteiger partial charge on any atom is -0.368 e. The second kappa shape index (κ2) is 3.86. The Kier molecular flexibility index (Phi) is 2.55. The molecule has 0 aliphatic heterocycles. The zero-order valence-corrected chi connectivity index (χ0v) is 9.04. The summed E-state index contributed by atoms with van der Waals surface area (Å²) < 4.78 is 4.26. The Bertz CT molecular complexity index is 494. The first-order valence-electron chi connectivity index (χ1n) is 4.59. The zero-order chi connectivity index (χ0) is 10.8. The van der Waals surface area contributed by atoms with Crippen molar-refractivity contribution in [1.29, 1.82) is 0 Å². The summed E-state index contributed by atoms with van der Waals surface area (Å²) in [6.07, 6.45) is 0. The number of carbonyl (C=O) groups is 1. The first-order valence-corrected chi connectivity index (χ1v) is 5.36. The Morgan fingerprint density at radius 2 is 2.27 bits per heavy atom. The Balaban J connectivity index is 2.32. The third-order valence-corrected chi connectivity index (χ3v) is 2.97. The molecule has 0 saturated heterocycles.